The first-order valence-corrected chi connectivity index (χ1v) is 7.36. The number of nitrogens with two attached hydrogens (primary N) is 1. The van der Waals surface area contributed by atoms with Crippen LogP contribution in [0.15, 0.2) is 22.7 Å². The number of benzene rings is 1. The van der Waals surface area contributed by atoms with E-state index in [1.54, 1.807) is 12.1 Å². The van der Waals surface area contributed by atoms with Crippen LogP contribution < -0.4 is 5.73 Å². The van der Waals surface area contributed by atoms with E-state index in [-0.39, 0.29) is 10.8 Å². The molecule has 6 heteroatoms. The highest BCUT2D eigenvalue weighted by atomic mass is 79.9. The van der Waals surface area contributed by atoms with Crippen molar-refractivity contribution >= 4 is 33.3 Å². The summed E-state index contributed by atoms with van der Waals surface area (Å²) in [5, 5.41) is 9.72. The van der Waals surface area contributed by atoms with Gasteiger partial charge in [0.05, 0.1) is 15.2 Å². The molecule has 20 heavy (non-hydrogen) atoms. The fourth-order valence-electron chi connectivity index (χ4n) is 1.81. The second-order valence-corrected chi connectivity index (χ2v) is 6.16. The summed E-state index contributed by atoms with van der Waals surface area (Å²) in [6.07, 6.45) is 0.798. The molecule has 0 bridgehead atoms. The minimum Gasteiger partial charge on any atom is -0.506 e. The summed E-state index contributed by atoms with van der Waals surface area (Å²) >= 11 is 9.34. The van der Waals surface area contributed by atoms with Gasteiger partial charge in [0, 0.05) is 5.56 Å². The zero-order valence-electron chi connectivity index (χ0n) is 11.2. The Morgan fingerprint density at radius 1 is 1.35 bits per heavy atom. The Morgan fingerprint density at radius 3 is 2.65 bits per heavy atom. The second-order valence-electron chi connectivity index (χ2n) is 4.96. The summed E-state index contributed by atoms with van der Waals surface area (Å²) in [7, 11) is 0. The third kappa shape index (κ3) is 3.22. The van der Waals surface area contributed by atoms with Crippen molar-refractivity contribution in [2.75, 3.05) is 5.73 Å². The molecule has 0 aliphatic carbocycles. The van der Waals surface area contributed by atoms with Gasteiger partial charge in [-0.3, -0.25) is 0 Å². The van der Waals surface area contributed by atoms with Crippen LogP contribution in [0.5, 0.6) is 5.75 Å². The van der Waals surface area contributed by atoms with Crippen molar-refractivity contribution in [1.82, 2.24) is 9.97 Å². The Morgan fingerprint density at radius 2 is 2.05 bits per heavy atom. The quantitative estimate of drug-likeness (QED) is 0.870. The van der Waals surface area contributed by atoms with E-state index in [1.165, 1.54) is 6.07 Å². The van der Waals surface area contributed by atoms with Crippen LogP contribution in [0, 0.1) is 5.92 Å². The van der Waals surface area contributed by atoms with E-state index < -0.39 is 0 Å². The predicted molar refractivity (Wildman–Crippen MR) is 84.8 cm³/mol. The van der Waals surface area contributed by atoms with Crippen molar-refractivity contribution in [3.63, 3.8) is 0 Å². The van der Waals surface area contributed by atoms with E-state index >= 15 is 0 Å². The van der Waals surface area contributed by atoms with Crippen LogP contribution >= 0.6 is 27.5 Å². The first kappa shape index (κ1) is 15.1. The minimum atomic E-state index is 0.0305. The van der Waals surface area contributed by atoms with Crippen LogP contribution in [-0.2, 0) is 6.42 Å². The largest absolute Gasteiger partial charge is 0.506 e. The van der Waals surface area contributed by atoms with Gasteiger partial charge in [0.15, 0.2) is 5.82 Å². The highest BCUT2D eigenvalue weighted by Crippen LogP contribution is 2.30. The first-order chi connectivity index (χ1) is 9.38. The number of nitrogen functional groups attached to an aromatic ring is 1. The lowest BCUT2D eigenvalue weighted by atomic mass is 10.1. The maximum absolute atomic E-state index is 9.46. The number of anilines is 1. The number of hydrogen-bond acceptors (Lipinski definition) is 4. The molecule has 2 aromatic rings. The lowest BCUT2D eigenvalue weighted by Gasteiger charge is -2.11. The van der Waals surface area contributed by atoms with E-state index in [1.807, 2.05) is 0 Å². The molecule has 0 radical (unpaired) electrons. The SMILES string of the molecule is CC(C)Cc1nc(-c2ccc(O)c(Cl)c2)nc(N)c1Br. The molecule has 1 aromatic heterocycles. The van der Waals surface area contributed by atoms with Crippen LogP contribution in [0.1, 0.15) is 19.5 Å². The average molecular weight is 357 g/mol. The maximum Gasteiger partial charge on any atom is 0.161 e. The maximum atomic E-state index is 9.46. The normalized spacial score (nSPS) is 11.1. The number of phenolic OH excluding ortho intramolecular Hbond substituents is 1. The monoisotopic (exact) mass is 355 g/mol. The molecule has 0 unspecified atom stereocenters. The Hall–Kier alpha value is -1.33. The molecule has 0 saturated heterocycles. The van der Waals surface area contributed by atoms with Gasteiger partial charge >= 0.3 is 0 Å². The molecule has 0 atom stereocenters. The first-order valence-electron chi connectivity index (χ1n) is 6.19. The summed E-state index contributed by atoms with van der Waals surface area (Å²) in [5.41, 5.74) is 7.51. The number of hydrogen-bond donors (Lipinski definition) is 2. The van der Waals surface area contributed by atoms with Crippen molar-refractivity contribution in [2.45, 2.75) is 20.3 Å². The third-order valence-corrected chi connectivity index (χ3v) is 3.92. The van der Waals surface area contributed by atoms with Crippen LogP contribution in [-0.4, -0.2) is 15.1 Å². The number of aromatic nitrogens is 2. The van der Waals surface area contributed by atoms with Crippen LogP contribution in [0.4, 0.5) is 5.82 Å². The van der Waals surface area contributed by atoms with Crippen LogP contribution in [0.25, 0.3) is 11.4 Å². The summed E-state index contributed by atoms with van der Waals surface area (Å²) in [4.78, 5) is 8.80. The molecule has 0 fully saturated rings. The van der Waals surface area contributed by atoms with Crippen molar-refractivity contribution < 1.29 is 5.11 Å². The van der Waals surface area contributed by atoms with Crippen LogP contribution in [0.2, 0.25) is 5.02 Å². The van der Waals surface area contributed by atoms with Crippen molar-refractivity contribution in [3.05, 3.63) is 33.4 Å². The number of phenols is 1. The van der Waals surface area contributed by atoms with E-state index in [0.717, 1.165) is 22.2 Å². The standard InChI is InChI=1S/C14H15BrClN3O/c1-7(2)5-10-12(15)13(17)19-14(18-10)8-3-4-11(20)9(16)6-8/h3-4,6-7,20H,5H2,1-2H3,(H2,17,18,19). The van der Waals surface area contributed by atoms with Gasteiger partial charge in [0.2, 0.25) is 0 Å². The fourth-order valence-corrected chi connectivity index (χ4v) is 2.33. The molecule has 0 saturated carbocycles. The molecule has 4 nitrogen and oxygen atoms in total. The minimum absolute atomic E-state index is 0.0305. The van der Waals surface area contributed by atoms with Crippen LogP contribution in [0.3, 0.4) is 0 Å². The van der Waals surface area contributed by atoms with E-state index in [0.29, 0.717) is 17.6 Å². The number of aromatic hydroxyl groups is 1. The predicted octanol–water partition coefficient (Wildman–Crippen LogP) is 4.05. The Balaban J connectivity index is 2.51. The van der Waals surface area contributed by atoms with Gasteiger partial charge in [0.25, 0.3) is 0 Å². The summed E-state index contributed by atoms with van der Waals surface area (Å²) in [6.45, 7) is 4.23. The molecule has 0 spiro atoms. The van der Waals surface area contributed by atoms with Crippen molar-refractivity contribution in [1.29, 1.82) is 0 Å². The molecular weight excluding hydrogens is 342 g/mol. The number of rotatable bonds is 3. The molecule has 2 rings (SSSR count). The molecular formula is C14H15BrClN3O. The molecule has 1 aromatic carbocycles. The third-order valence-electron chi connectivity index (χ3n) is 2.75. The van der Waals surface area contributed by atoms with Gasteiger partial charge in [-0.2, -0.15) is 0 Å². The molecule has 106 valence electrons. The summed E-state index contributed by atoms with van der Waals surface area (Å²) < 4.78 is 0.736. The Kier molecular flexibility index (Phi) is 4.50. The molecule has 1 heterocycles. The Labute approximate surface area is 131 Å². The topological polar surface area (TPSA) is 72.0 Å². The van der Waals surface area contributed by atoms with Gasteiger partial charge in [-0.15, -0.1) is 0 Å². The zero-order valence-corrected chi connectivity index (χ0v) is 13.5. The molecule has 0 aliphatic rings. The Bertz CT molecular complexity index is 647. The van der Waals surface area contributed by atoms with Gasteiger partial charge < -0.3 is 10.8 Å². The van der Waals surface area contributed by atoms with Gasteiger partial charge in [-0.25, -0.2) is 9.97 Å². The highest BCUT2D eigenvalue weighted by Gasteiger charge is 2.13. The van der Waals surface area contributed by atoms with Gasteiger partial charge in [0.1, 0.15) is 11.6 Å². The summed E-state index contributed by atoms with van der Waals surface area (Å²) in [6, 6.07) is 4.85. The molecule has 0 aliphatic heterocycles. The number of halogens is 2. The van der Waals surface area contributed by atoms with Crippen molar-refractivity contribution in [2.24, 2.45) is 5.92 Å². The van der Waals surface area contributed by atoms with Gasteiger partial charge in [-0.1, -0.05) is 25.4 Å². The fraction of sp³-hybridized carbons (Fsp3) is 0.286. The average Bonchev–Trinajstić information content (AvgIpc) is 2.37. The number of nitrogens with zero attached hydrogens (tertiary/aromatic N) is 2. The second kappa shape index (κ2) is 5.97. The van der Waals surface area contributed by atoms with Gasteiger partial charge in [-0.05, 0) is 46.5 Å². The smallest absolute Gasteiger partial charge is 0.161 e. The van der Waals surface area contributed by atoms with E-state index in [2.05, 4.69) is 39.7 Å². The molecule has 3 N–H and O–H groups in total. The summed E-state index contributed by atoms with van der Waals surface area (Å²) in [5.74, 6) is 1.39. The highest BCUT2D eigenvalue weighted by molar-refractivity contribution is 9.10. The molecule has 0 amide bonds. The lowest BCUT2D eigenvalue weighted by Crippen LogP contribution is -2.05. The lowest BCUT2D eigenvalue weighted by molar-refractivity contribution is 0.475. The van der Waals surface area contributed by atoms with Crippen molar-refractivity contribution in [3.8, 4) is 17.1 Å². The van der Waals surface area contributed by atoms with E-state index in [9.17, 15) is 5.11 Å². The zero-order chi connectivity index (χ0) is 14.9. The van der Waals surface area contributed by atoms with E-state index in [4.69, 9.17) is 17.3 Å².